The SMILES string of the molecule is CCCN(C(=O)c1cccc(-c2noc(C3CC3)n2)c1)C1CCNC1. The molecular weight excluding hydrogens is 316 g/mol. The Morgan fingerprint density at radius 1 is 1.36 bits per heavy atom. The lowest BCUT2D eigenvalue weighted by Gasteiger charge is -2.28. The van der Waals surface area contributed by atoms with Gasteiger partial charge in [-0.3, -0.25) is 4.79 Å². The van der Waals surface area contributed by atoms with Gasteiger partial charge in [-0.05, 0) is 44.4 Å². The number of hydrogen-bond acceptors (Lipinski definition) is 5. The van der Waals surface area contributed by atoms with Crippen LogP contribution in [0.5, 0.6) is 0 Å². The van der Waals surface area contributed by atoms with E-state index in [4.69, 9.17) is 4.52 Å². The van der Waals surface area contributed by atoms with Crippen molar-refractivity contribution in [2.45, 2.75) is 44.6 Å². The van der Waals surface area contributed by atoms with E-state index < -0.39 is 0 Å². The van der Waals surface area contributed by atoms with E-state index in [1.54, 1.807) is 0 Å². The first kappa shape index (κ1) is 16.3. The van der Waals surface area contributed by atoms with Gasteiger partial charge in [-0.25, -0.2) is 0 Å². The van der Waals surface area contributed by atoms with Crippen molar-refractivity contribution in [1.29, 1.82) is 0 Å². The maximum Gasteiger partial charge on any atom is 0.254 e. The molecule has 1 saturated heterocycles. The lowest BCUT2D eigenvalue weighted by molar-refractivity contribution is 0.0692. The molecule has 1 amide bonds. The molecule has 0 radical (unpaired) electrons. The molecule has 2 heterocycles. The van der Waals surface area contributed by atoms with Crippen LogP contribution in [0.25, 0.3) is 11.4 Å². The normalized spacial score (nSPS) is 20.0. The third kappa shape index (κ3) is 3.44. The predicted molar refractivity (Wildman–Crippen MR) is 94.3 cm³/mol. The summed E-state index contributed by atoms with van der Waals surface area (Å²) in [5.74, 6) is 1.81. The van der Waals surface area contributed by atoms with E-state index in [1.807, 2.05) is 29.2 Å². The molecule has 2 fully saturated rings. The van der Waals surface area contributed by atoms with Crippen molar-refractivity contribution >= 4 is 5.91 Å². The first-order valence-corrected chi connectivity index (χ1v) is 9.22. The summed E-state index contributed by atoms with van der Waals surface area (Å²) in [5, 5.41) is 7.43. The molecule has 2 aliphatic rings. The van der Waals surface area contributed by atoms with Gasteiger partial charge < -0.3 is 14.7 Å². The summed E-state index contributed by atoms with van der Waals surface area (Å²) >= 11 is 0. The smallest absolute Gasteiger partial charge is 0.254 e. The van der Waals surface area contributed by atoms with E-state index in [0.29, 0.717) is 17.3 Å². The van der Waals surface area contributed by atoms with Gasteiger partial charge in [0.15, 0.2) is 0 Å². The minimum Gasteiger partial charge on any atom is -0.339 e. The molecule has 1 aromatic heterocycles. The number of nitrogens with zero attached hydrogens (tertiary/aromatic N) is 3. The second kappa shape index (κ2) is 6.96. The highest BCUT2D eigenvalue weighted by Crippen LogP contribution is 2.39. The van der Waals surface area contributed by atoms with E-state index in [1.165, 1.54) is 0 Å². The monoisotopic (exact) mass is 340 g/mol. The third-order valence-corrected chi connectivity index (χ3v) is 4.94. The van der Waals surface area contributed by atoms with Crippen LogP contribution >= 0.6 is 0 Å². The topological polar surface area (TPSA) is 71.3 Å². The summed E-state index contributed by atoms with van der Waals surface area (Å²) < 4.78 is 5.35. The molecule has 0 spiro atoms. The standard InChI is InChI=1S/C19H24N4O2/c1-2-10-23(16-8-9-20-12-16)19(24)15-5-3-4-14(11-15)17-21-18(25-22-17)13-6-7-13/h3-5,11,13,16,20H,2,6-10,12H2,1H3. The number of hydrogen-bond donors (Lipinski definition) is 1. The quantitative estimate of drug-likeness (QED) is 0.875. The van der Waals surface area contributed by atoms with Crippen LogP contribution in [0.4, 0.5) is 0 Å². The Balaban J connectivity index is 1.57. The van der Waals surface area contributed by atoms with Crippen molar-refractivity contribution < 1.29 is 9.32 Å². The summed E-state index contributed by atoms with van der Waals surface area (Å²) in [6.07, 6.45) is 4.22. The van der Waals surface area contributed by atoms with E-state index in [9.17, 15) is 4.79 Å². The Bertz CT molecular complexity index is 747. The predicted octanol–water partition coefficient (Wildman–Crippen LogP) is 2.83. The minimum absolute atomic E-state index is 0.0864. The number of carbonyl (C=O) groups is 1. The molecule has 4 rings (SSSR count). The molecular formula is C19H24N4O2. The number of rotatable bonds is 6. The lowest BCUT2D eigenvalue weighted by Crippen LogP contribution is -2.42. The zero-order valence-electron chi connectivity index (χ0n) is 14.6. The number of amides is 1. The van der Waals surface area contributed by atoms with Crippen LogP contribution in [-0.4, -0.2) is 46.6 Å². The summed E-state index contributed by atoms with van der Waals surface area (Å²) in [7, 11) is 0. The zero-order chi connectivity index (χ0) is 17.2. The summed E-state index contributed by atoms with van der Waals surface area (Å²) in [4.78, 5) is 19.6. The largest absolute Gasteiger partial charge is 0.339 e. The first-order valence-electron chi connectivity index (χ1n) is 9.22. The molecule has 1 aliphatic carbocycles. The minimum atomic E-state index is 0.0864. The molecule has 1 N–H and O–H groups in total. The lowest BCUT2D eigenvalue weighted by atomic mass is 10.1. The Hall–Kier alpha value is -2.21. The van der Waals surface area contributed by atoms with E-state index in [2.05, 4.69) is 22.4 Å². The van der Waals surface area contributed by atoms with Gasteiger partial charge in [-0.2, -0.15) is 4.98 Å². The Morgan fingerprint density at radius 2 is 2.24 bits per heavy atom. The van der Waals surface area contributed by atoms with Gasteiger partial charge in [0.2, 0.25) is 11.7 Å². The van der Waals surface area contributed by atoms with Crippen molar-refractivity contribution in [1.82, 2.24) is 20.4 Å². The molecule has 1 aromatic carbocycles. The highest BCUT2D eigenvalue weighted by molar-refractivity contribution is 5.95. The van der Waals surface area contributed by atoms with Crippen molar-refractivity contribution in [2.75, 3.05) is 19.6 Å². The zero-order valence-corrected chi connectivity index (χ0v) is 14.6. The van der Waals surface area contributed by atoms with Crippen LogP contribution < -0.4 is 5.32 Å². The fraction of sp³-hybridized carbons (Fsp3) is 0.526. The van der Waals surface area contributed by atoms with Crippen LogP contribution in [0.15, 0.2) is 28.8 Å². The number of aromatic nitrogens is 2. The van der Waals surface area contributed by atoms with Gasteiger partial charge in [0.05, 0.1) is 0 Å². The molecule has 6 nitrogen and oxygen atoms in total. The highest BCUT2D eigenvalue weighted by Gasteiger charge is 2.30. The number of nitrogens with one attached hydrogen (secondary N) is 1. The van der Waals surface area contributed by atoms with Gasteiger partial charge in [-0.1, -0.05) is 24.2 Å². The average molecular weight is 340 g/mol. The van der Waals surface area contributed by atoms with Gasteiger partial charge in [-0.15, -0.1) is 0 Å². The Labute approximate surface area is 147 Å². The van der Waals surface area contributed by atoms with Gasteiger partial charge in [0, 0.05) is 36.2 Å². The van der Waals surface area contributed by atoms with Crippen LogP contribution in [0.3, 0.4) is 0 Å². The second-order valence-corrected chi connectivity index (χ2v) is 6.96. The van der Waals surface area contributed by atoms with Crippen LogP contribution in [-0.2, 0) is 0 Å². The molecule has 1 atom stereocenters. The van der Waals surface area contributed by atoms with Gasteiger partial charge in [0.25, 0.3) is 5.91 Å². The Morgan fingerprint density at radius 3 is 2.96 bits per heavy atom. The first-order chi connectivity index (χ1) is 12.3. The van der Waals surface area contributed by atoms with Crippen LogP contribution in [0, 0.1) is 0 Å². The second-order valence-electron chi connectivity index (χ2n) is 6.96. The Kier molecular flexibility index (Phi) is 4.53. The van der Waals surface area contributed by atoms with Crippen LogP contribution in [0.2, 0.25) is 0 Å². The van der Waals surface area contributed by atoms with Gasteiger partial charge in [0.1, 0.15) is 0 Å². The highest BCUT2D eigenvalue weighted by atomic mass is 16.5. The van der Waals surface area contributed by atoms with E-state index >= 15 is 0 Å². The maximum absolute atomic E-state index is 13.1. The molecule has 0 bridgehead atoms. The maximum atomic E-state index is 13.1. The molecule has 1 unspecified atom stereocenters. The summed E-state index contributed by atoms with van der Waals surface area (Å²) in [5.41, 5.74) is 1.53. The van der Waals surface area contributed by atoms with Crippen molar-refractivity contribution in [3.05, 3.63) is 35.7 Å². The van der Waals surface area contributed by atoms with Crippen LogP contribution in [0.1, 0.15) is 54.8 Å². The van der Waals surface area contributed by atoms with Gasteiger partial charge >= 0.3 is 0 Å². The number of carbonyl (C=O) groups excluding carboxylic acids is 1. The molecule has 1 saturated carbocycles. The molecule has 6 heteroatoms. The third-order valence-electron chi connectivity index (χ3n) is 4.94. The van der Waals surface area contributed by atoms with Crippen molar-refractivity contribution in [2.24, 2.45) is 0 Å². The molecule has 132 valence electrons. The van der Waals surface area contributed by atoms with Crippen molar-refractivity contribution in [3.63, 3.8) is 0 Å². The summed E-state index contributed by atoms with van der Waals surface area (Å²) in [6, 6.07) is 7.86. The van der Waals surface area contributed by atoms with E-state index in [-0.39, 0.29) is 11.9 Å². The van der Waals surface area contributed by atoms with Crippen molar-refractivity contribution in [3.8, 4) is 11.4 Å². The van der Waals surface area contributed by atoms with E-state index in [0.717, 1.165) is 56.8 Å². The average Bonchev–Trinajstić information content (AvgIpc) is 3.14. The molecule has 25 heavy (non-hydrogen) atoms. The fourth-order valence-electron chi connectivity index (χ4n) is 3.40. The molecule has 1 aliphatic heterocycles. The summed E-state index contributed by atoms with van der Waals surface area (Å²) in [6.45, 7) is 4.74. The molecule has 2 aromatic rings. The fourth-order valence-corrected chi connectivity index (χ4v) is 3.40. The number of benzene rings is 1.